The van der Waals surface area contributed by atoms with E-state index in [1.165, 1.54) is 19.2 Å². The smallest absolute Gasteiger partial charge is 0.273 e. The van der Waals surface area contributed by atoms with Gasteiger partial charge in [0.25, 0.3) is 11.8 Å². The summed E-state index contributed by atoms with van der Waals surface area (Å²) in [7, 11) is 1.44. The first kappa shape index (κ1) is 16.1. The van der Waals surface area contributed by atoms with Gasteiger partial charge in [-0.1, -0.05) is 29.3 Å². The molecule has 5 nitrogen and oxygen atoms in total. The molecule has 0 bridgehead atoms. The molecule has 0 saturated carbocycles. The Labute approximate surface area is 137 Å². The van der Waals surface area contributed by atoms with Crippen LogP contribution in [-0.2, 0) is 0 Å². The fourth-order valence-corrected chi connectivity index (χ4v) is 2.10. The number of rotatable bonds is 3. The minimum atomic E-state index is -0.547. The van der Waals surface area contributed by atoms with Gasteiger partial charge in [0.15, 0.2) is 0 Å². The van der Waals surface area contributed by atoms with Gasteiger partial charge in [0.2, 0.25) is 0 Å². The van der Waals surface area contributed by atoms with E-state index in [1.807, 2.05) is 0 Å². The Hall–Kier alpha value is -2.24. The predicted octanol–water partition coefficient (Wildman–Crippen LogP) is 3.08. The SMILES string of the molecule is COc1ccc(Cl)cc1C(=O)NNC(=O)c1cccc(Cl)c1. The Bertz CT molecular complexity index is 720. The van der Waals surface area contributed by atoms with Crippen molar-refractivity contribution in [1.82, 2.24) is 10.9 Å². The van der Waals surface area contributed by atoms with Gasteiger partial charge in [0, 0.05) is 15.6 Å². The number of methoxy groups -OCH3 is 1. The Kier molecular flexibility index (Phi) is 5.25. The minimum Gasteiger partial charge on any atom is -0.496 e. The van der Waals surface area contributed by atoms with Gasteiger partial charge in [0.1, 0.15) is 5.75 Å². The maximum atomic E-state index is 12.1. The van der Waals surface area contributed by atoms with Crippen molar-refractivity contribution in [3.63, 3.8) is 0 Å². The highest BCUT2D eigenvalue weighted by Gasteiger charge is 2.14. The molecule has 0 radical (unpaired) electrons. The van der Waals surface area contributed by atoms with Crippen molar-refractivity contribution in [1.29, 1.82) is 0 Å². The second kappa shape index (κ2) is 7.15. The van der Waals surface area contributed by atoms with Gasteiger partial charge in [0.05, 0.1) is 12.7 Å². The summed E-state index contributed by atoms with van der Waals surface area (Å²) in [4.78, 5) is 24.0. The molecular weight excluding hydrogens is 327 g/mol. The molecule has 114 valence electrons. The zero-order valence-electron chi connectivity index (χ0n) is 11.5. The molecule has 2 aromatic carbocycles. The van der Waals surface area contributed by atoms with Crippen LogP contribution in [0, 0.1) is 0 Å². The Balaban J connectivity index is 2.07. The number of amides is 2. The van der Waals surface area contributed by atoms with Crippen molar-refractivity contribution in [2.24, 2.45) is 0 Å². The van der Waals surface area contributed by atoms with Gasteiger partial charge in [-0.25, -0.2) is 0 Å². The number of ether oxygens (including phenoxy) is 1. The molecule has 0 aliphatic rings. The first-order valence-corrected chi connectivity index (χ1v) is 6.96. The normalized spacial score (nSPS) is 9.95. The van der Waals surface area contributed by atoms with Gasteiger partial charge < -0.3 is 4.74 Å². The quantitative estimate of drug-likeness (QED) is 0.845. The lowest BCUT2D eigenvalue weighted by Gasteiger charge is -2.10. The van der Waals surface area contributed by atoms with Gasteiger partial charge >= 0.3 is 0 Å². The third kappa shape index (κ3) is 3.90. The van der Waals surface area contributed by atoms with E-state index < -0.39 is 11.8 Å². The number of hydrazine groups is 1. The van der Waals surface area contributed by atoms with Gasteiger partial charge in [-0.15, -0.1) is 0 Å². The van der Waals surface area contributed by atoms with Gasteiger partial charge in [-0.2, -0.15) is 0 Å². The molecule has 0 atom stereocenters. The molecule has 0 aliphatic heterocycles. The highest BCUT2D eigenvalue weighted by atomic mass is 35.5. The summed E-state index contributed by atoms with van der Waals surface area (Å²) in [5, 5.41) is 0.808. The van der Waals surface area contributed by atoms with Crippen LogP contribution >= 0.6 is 23.2 Å². The van der Waals surface area contributed by atoms with Crippen molar-refractivity contribution in [3.8, 4) is 5.75 Å². The lowest BCUT2D eigenvalue weighted by atomic mass is 10.2. The van der Waals surface area contributed by atoms with Crippen molar-refractivity contribution < 1.29 is 14.3 Å². The summed E-state index contributed by atoms with van der Waals surface area (Å²) in [5.41, 5.74) is 5.13. The molecule has 7 heteroatoms. The summed E-state index contributed by atoms with van der Waals surface area (Å²) >= 11 is 11.7. The fraction of sp³-hybridized carbons (Fsp3) is 0.0667. The standard InChI is InChI=1S/C15H12Cl2N2O3/c1-22-13-6-5-11(17)8-12(13)15(21)19-18-14(20)9-3-2-4-10(16)7-9/h2-8H,1H3,(H,18,20)(H,19,21). The van der Waals surface area contributed by atoms with E-state index in [2.05, 4.69) is 10.9 Å². The summed E-state index contributed by atoms with van der Waals surface area (Å²) in [6.45, 7) is 0. The highest BCUT2D eigenvalue weighted by Crippen LogP contribution is 2.22. The van der Waals surface area contributed by atoms with Crippen LogP contribution in [0.5, 0.6) is 5.75 Å². The van der Waals surface area contributed by atoms with Crippen molar-refractivity contribution in [2.45, 2.75) is 0 Å². The maximum Gasteiger partial charge on any atom is 0.273 e. The molecule has 0 aliphatic carbocycles. The van der Waals surface area contributed by atoms with E-state index in [0.29, 0.717) is 21.4 Å². The summed E-state index contributed by atoms with van der Waals surface area (Å²) in [5.74, 6) is -0.689. The van der Waals surface area contributed by atoms with Crippen LogP contribution in [-0.4, -0.2) is 18.9 Å². The van der Waals surface area contributed by atoms with Crippen LogP contribution < -0.4 is 15.6 Å². The van der Waals surface area contributed by atoms with Crippen molar-refractivity contribution in [2.75, 3.05) is 7.11 Å². The average molecular weight is 339 g/mol. The number of nitrogens with one attached hydrogen (secondary N) is 2. The Morgan fingerprint density at radius 3 is 2.32 bits per heavy atom. The lowest BCUT2D eigenvalue weighted by Crippen LogP contribution is -2.41. The molecule has 2 aromatic rings. The molecule has 2 rings (SSSR count). The number of carbonyl (C=O) groups excluding carboxylic acids is 2. The highest BCUT2D eigenvalue weighted by molar-refractivity contribution is 6.31. The summed E-state index contributed by atoms with van der Waals surface area (Å²) < 4.78 is 5.08. The van der Waals surface area contributed by atoms with Crippen LogP contribution in [0.15, 0.2) is 42.5 Å². The Morgan fingerprint density at radius 2 is 1.64 bits per heavy atom. The van der Waals surface area contributed by atoms with E-state index in [-0.39, 0.29) is 5.56 Å². The second-order valence-corrected chi connectivity index (χ2v) is 5.14. The molecule has 0 unspecified atom stereocenters. The molecule has 0 fully saturated rings. The number of benzene rings is 2. The summed E-state index contributed by atoms with van der Waals surface area (Å²) in [6.07, 6.45) is 0. The third-order valence-corrected chi connectivity index (χ3v) is 3.25. The minimum absolute atomic E-state index is 0.210. The fourth-order valence-electron chi connectivity index (χ4n) is 1.74. The van der Waals surface area contributed by atoms with Crippen LogP contribution in [0.3, 0.4) is 0 Å². The van der Waals surface area contributed by atoms with E-state index in [1.54, 1.807) is 30.3 Å². The van der Waals surface area contributed by atoms with E-state index in [9.17, 15) is 9.59 Å². The molecule has 22 heavy (non-hydrogen) atoms. The zero-order chi connectivity index (χ0) is 16.1. The molecule has 0 aromatic heterocycles. The van der Waals surface area contributed by atoms with Crippen LogP contribution in [0.25, 0.3) is 0 Å². The number of carbonyl (C=O) groups is 2. The number of hydrogen-bond acceptors (Lipinski definition) is 3. The first-order valence-electron chi connectivity index (χ1n) is 6.21. The molecule has 0 saturated heterocycles. The van der Waals surface area contributed by atoms with E-state index in [0.717, 1.165) is 0 Å². The van der Waals surface area contributed by atoms with Crippen molar-refractivity contribution in [3.05, 3.63) is 63.6 Å². The predicted molar refractivity (Wildman–Crippen MR) is 84.4 cm³/mol. The molecular formula is C15H12Cl2N2O3. The van der Waals surface area contributed by atoms with Crippen LogP contribution in [0.2, 0.25) is 10.0 Å². The Morgan fingerprint density at radius 1 is 0.955 bits per heavy atom. The first-order chi connectivity index (χ1) is 10.5. The average Bonchev–Trinajstić information content (AvgIpc) is 2.52. The number of halogens is 2. The zero-order valence-corrected chi connectivity index (χ0v) is 13.0. The van der Waals surface area contributed by atoms with E-state index in [4.69, 9.17) is 27.9 Å². The number of hydrogen-bond donors (Lipinski definition) is 2. The molecule has 0 spiro atoms. The van der Waals surface area contributed by atoms with Crippen LogP contribution in [0.4, 0.5) is 0 Å². The maximum absolute atomic E-state index is 12.1. The molecule has 0 heterocycles. The van der Waals surface area contributed by atoms with Gasteiger partial charge in [-0.3, -0.25) is 20.4 Å². The second-order valence-electron chi connectivity index (χ2n) is 4.26. The van der Waals surface area contributed by atoms with Gasteiger partial charge in [-0.05, 0) is 36.4 Å². The monoisotopic (exact) mass is 338 g/mol. The largest absolute Gasteiger partial charge is 0.496 e. The van der Waals surface area contributed by atoms with Crippen LogP contribution in [0.1, 0.15) is 20.7 Å². The topological polar surface area (TPSA) is 67.4 Å². The van der Waals surface area contributed by atoms with E-state index >= 15 is 0 Å². The lowest BCUT2D eigenvalue weighted by molar-refractivity contribution is 0.0845. The summed E-state index contributed by atoms with van der Waals surface area (Å²) in [6, 6.07) is 11.0. The third-order valence-electron chi connectivity index (χ3n) is 2.78. The molecule has 2 N–H and O–H groups in total. The van der Waals surface area contributed by atoms with Crippen molar-refractivity contribution >= 4 is 35.0 Å². The molecule has 2 amide bonds.